The van der Waals surface area contributed by atoms with Crippen LogP contribution in [0.2, 0.25) is 0 Å². The Kier molecular flexibility index (Phi) is 7.07. The molecule has 0 unspecified atom stereocenters. The van der Waals surface area contributed by atoms with Crippen LogP contribution in [0.3, 0.4) is 0 Å². The van der Waals surface area contributed by atoms with Gasteiger partial charge in [-0.05, 0) is 5.56 Å². The van der Waals surface area contributed by atoms with Crippen molar-refractivity contribution < 1.29 is 14.7 Å². The number of carbonyl (C=O) groups is 2. The lowest BCUT2D eigenvalue weighted by molar-refractivity contribution is -0.139. The topological polar surface area (TPSA) is 78.4 Å². The van der Waals surface area contributed by atoms with Crippen LogP contribution in [-0.4, -0.2) is 35.2 Å². The van der Waals surface area contributed by atoms with Crippen molar-refractivity contribution >= 4 is 23.8 Å². The summed E-state index contributed by atoms with van der Waals surface area (Å²) in [5.41, 5.74) is 0.525. The minimum absolute atomic E-state index is 0.430. The van der Waals surface area contributed by atoms with Crippen molar-refractivity contribution in [2.75, 3.05) is 18.1 Å². The maximum absolute atomic E-state index is 11.6. The molecule has 0 saturated heterocycles. The van der Waals surface area contributed by atoms with Gasteiger partial charge in [-0.15, -0.1) is 18.2 Å². The van der Waals surface area contributed by atoms with Crippen molar-refractivity contribution in [3.05, 3.63) is 35.9 Å². The lowest BCUT2D eigenvalue weighted by atomic mass is 10.1. The third-order valence-electron chi connectivity index (χ3n) is 2.37. The molecule has 0 fully saturated rings. The first kappa shape index (κ1) is 15.9. The summed E-state index contributed by atoms with van der Waals surface area (Å²) in [5.74, 6) is 2.65. The van der Waals surface area contributed by atoms with Crippen molar-refractivity contribution in [2.45, 2.75) is 6.04 Å². The van der Waals surface area contributed by atoms with Crippen LogP contribution < -0.4 is 10.6 Å². The number of thioether (sulfide) groups is 1. The van der Waals surface area contributed by atoms with E-state index in [-0.39, 0.29) is 0 Å². The maximum atomic E-state index is 11.6. The van der Waals surface area contributed by atoms with E-state index in [0.717, 1.165) is 0 Å². The van der Waals surface area contributed by atoms with E-state index < -0.39 is 18.0 Å². The molecule has 6 heteroatoms. The van der Waals surface area contributed by atoms with E-state index in [0.29, 0.717) is 23.6 Å². The molecule has 0 saturated carbocycles. The van der Waals surface area contributed by atoms with Crippen LogP contribution in [0.25, 0.3) is 0 Å². The van der Waals surface area contributed by atoms with Crippen molar-refractivity contribution in [3.63, 3.8) is 0 Å². The van der Waals surface area contributed by atoms with Gasteiger partial charge in [0.1, 0.15) is 0 Å². The van der Waals surface area contributed by atoms with E-state index in [4.69, 9.17) is 11.5 Å². The van der Waals surface area contributed by atoms with Gasteiger partial charge < -0.3 is 15.7 Å². The first-order chi connectivity index (χ1) is 9.65. The molecule has 0 aliphatic carbocycles. The van der Waals surface area contributed by atoms with Gasteiger partial charge in [0, 0.05) is 12.3 Å². The van der Waals surface area contributed by atoms with Crippen LogP contribution in [0.1, 0.15) is 11.6 Å². The second-order valence-electron chi connectivity index (χ2n) is 3.84. The van der Waals surface area contributed by atoms with Gasteiger partial charge in [-0.1, -0.05) is 36.3 Å². The van der Waals surface area contributed by atoms with Crippen molar-refractivity contribution in [1.82, 2.24) is 10.6 Å². The predicted octanol–water partition coefficient (Wildman–Crippen LogP) is 1.48. The van der Waals surface area contributed by atoms with Crippen molar-refractivity contribution in [2.24, 2.45) is 0 Å². The zero-order valence-corrected chi connectivity index (χ0v) is 11.7. The third kappa shape index (κ3) is 5.67. The van der Waals surface area contributed by atoms with Gasteiger partial charge in [-0.25, -0.2) is 9.59 Å². The Morgan fingerprint density at radius 3 is 2.65 bits per heavy atom. The Bertz CT molecular complexity index is 485. The summed E-state index contributed by atoms with van der Waals surface area (Å²) in [6, 6.07) is 6.97. The molecule has 0 aromatic heterocycles. The fourth-order valence-electron chi connectivity index (χ4n) is 1.48. The van der Waals surface area contributed by atoms with Crippen LogP contribution in [0, 0.1) is 12.3 Å². The first-order valence-electron chi connectivity index (χ1n) is 5.98. The van der Waals surface area contributed by atoms with Gasteiger partial charge in [0.15, 0.2) is 6.04 Å². The Labute approximate surface area is 122 Å². The Morgan fingerprint density at radius 1 is 1.35 bits per heavy atom. The Balaban J connectivity index is 2.45. The Hall–Kier alpha value is -2.13. The highest BCUT2D eigenvalue weighted by atomic mass is 32.2. The molecule has 0 radical (unpaired) electrons. The van der Waals surface area contributed by atoms with Gasteiger partial charge in [0.25, 0.3) is 0 Å². The summed E-state index contributed by atoms with van der Waals surface area (Å²) in [6.07, 6.45) is 5.10. The molecule has 1 aromatic rings. The maximum Gasteiger partial charge on any atom is 0.330 e. The van der Waals surface area contributed by atoms with Crippen molar-refractivity contribution in [3.8, 4) is 12.3 Å². The standard InChI is InChI=1S/C14H16N2O3S/c1-2-9-20-10-8-15-14(19)16-12(13(17)18)11-6-4-3-5-7-11/h1,3-7,12H,8-10H2,(H,17,18)(H2,15,16,19)/t12-/m0/s1. The summed E-state index contributed by atoms with van der Waals surface area (Å²) in [7, 11) is 0. The predicted molar refractivity (Wildman–Crippen MR) is 79.5 cm³/mol. The van der Waals surface area contributed by atoms with Gasteiger partial charge in [0.05, 0.1) is 5.75 Å². The number of hydrogen-bond acceptors (Lipinski definition) is 3. The smallest absolute Gasteiger partial charge is 0.330 e. The minimum Gasteiger partial charge on any atom is -0.479 e. The molecule has 1 aromatic carbocycles. The number of benzene rings is 1. The lowest BCUT2D eigenvalue weighted by Crippen LogP contribution is -2.41. The number of carboxylic acids is 1. The van der Waals surface area contributed by atoms with Crippen molar-refractivity contribution in [1.29, 1.82) is 0 Å². The highest BCUT2D eigenvalue weighted by Crippen LogP contribution is 2.12. The normalized spacial score (nSPS) is 11.2. The molecule has 1 rings (SSSR count). The van der Waals surface area contributed by atoms with Crippen LogP contribution in [0.4, 0.5) is 4.79 Å². The average Bonchev–Trinajstić information content (AvgIpc) is 2.45. The number of nitrogens with one attached hydrogen (secondary N) is 2. The van der Waals surface area contributed by atoms with E-state index in [1.807, 2.05) is 0 Å². The second-order valence-corrected chi connectivity index (χ2v) is 4.94. The summed E-state index contributed by atoms with van der Waals surface area (Å²) in [5, 5.41) is 14.2. The number of amides is 2. The number of carbonyl (C=O) groups excluding carboxylic acids is 1. The average molecular weight is 292 g/mol. The van der Waals surface area contributed by atoms with E-state index in [1.54, 1.807) is 30.3 Å². The molecular weight excluding hydrogens is 276 g/mol. The molecule has 3 N–H and O–H groups in total. The molecule has 20 heavy (non-hydrogen) atoms. The second kappa shape index (κ2) is 8.88. The van der Waals surface area contributed by atoms with Crippen LogP contribution >= 0.6 is 11.8 Å². The van der Waals surface area contributed by atoms with Crippen LogP contribution in [0.5, 0.6) is 0 Å². The minimum atomic E-state index is -1.10. The highest BCUT2D eigenvalue weighted by molar-refractivity contribution is 7.99. The fraction of sp³-hybridized carbons (Fsp3) is 0.286. The summed E-state index contributed by atoms with van der Waals surface area (Å²) in [6.45, 7) is 0.430. The lowest BCUT2D eigenvalue weighted by Gasteiger charge is -2.15. The summed E-state index contributed by atoms with van der Waals surface area (Å²) < 4.78 is 0. The van der Waals surface area contributed by atoms with Gasteiger partial charge in [-0.3, -0.25) is 0 Å². The highest BCUT2D eigenvalue weighted by Gasteiger charge is 2.21. The molecule has 1 atom stereocenters. The van der Waals surface area contributed by atoms with E-state index >= 15 is 0 Å². The van der Waals surface area contributed by atoms with E-state index in [2.05, 4.69) is 16.6 Å². The summed E-state index contributed by atoms with van der Waals surface area (Å²) in [4.78, 5) is 22.8. The zero-order chi connectivity index (χ0) is 14.8. The van der Waals surface area contributed by atoms with Crippen LogP contribution in [0.15, 0.2) is 30.3 Å². The SMILES string of the molecule is C#CCSCCNC(=O)N[C@H](C(=O)O)c1ccccc1. The van der Waals surface area contributed by atoms with E-state index in [1.165, 1.54) is 11.8 Å². The molecule has 0 aliphatic heterocycles. The number of urea groups is 1. The molecule has 2 amide bonds. The third-order valence-corrected chi connectivity index (χ3v) is 3.24. The Morgan fingerprint density at radius 2 is 2.05 bits per heavy atom. The molecule has 0 bridgehead atoms. The molecule has 0 aliphatic rings. The number of rotatable bonds is 7. The van der Waals surface area contributed by atoms with Gasteiger partial charge in [-0.2, -0.15) is 0 Å². The largest absolute Gasteiger partial charge is 0.479 e. The number of terminal acetylenes is 1. The number of carboxylic acid groups (broad SMARTS) is 1. The van der Waals surface area contributed by atoms with Crippen LogP contribution in [-0.2, 0) is 4.79 Å². The van der Waals surface area contributed by atoms with Gasteiger partial charge >= 0.3 is 12.0 Å². The molecular formula is C14H16N2O3S. The van der Waals surface area contributed by atoms with E-state index in [9.17, 15) is 9.59 Å². The number of hydrogen-bond donors (Lipinski definition) is 3. The molecule has 106 valence electrons. The number of aliphatic carboxylic acids is 1. The fourth-order valence-corrected chi connectivity index (χ4v) is 1.99. The first-order valence-corrected chi connectivity index (χ1v) is 7.14. The molecule has 5 nitrogen and oxygen atoms in total. The summed E-state index contributed by atoms with van der Waals surface area (Å²) >= 11 is 1.52. The molecule has 0 heterocycles. The monoisotopic (exact) mass is 292 g/mol. The van der Waals surface area contributed by atoms with Gasteiger partial charge in [0.2, 0.25) is 0 Å². The quantitative estimate of drug-likeness (QED) is 0.525. The zero-order valence-electron chi connectivity index (χ0n) is 10.8. The molecule has 0 spiro atoms.